The number of aliphatic hydroxyl groups excluding tert-OH is 1. The van der Waals surface area contributed by atoms with Crippen LogP contribution in [0.2, 0.25) is 5.02 Å². The minimum atomic E-state index is -3.55. The summed E-state index contributed by atoms with van der Waals surface area (Å²) in [7, 11) is -3.55. The van der Waals surface area contributed by atoms with Gasteiger partial charge in [-0.1, -0.05) is 40.4 Å². The second-order valence-corrected chi connectivity index (χ2v) is 7.17. The van der Waals surface area contributed by atoms with Crippen molar-refractivity contribution in [2.45, 2.75) is 30.6 Å². The van der Waals surface area contributed by atoms with Crippen LogP contribution < -0.4 is 4.72 Å². The molecule has 0 radical (unpaired) electrons. The fourth-order valence-electron chi connectivity index (χ4n) is 1.57. The Labute approximate surface area is 127 Å². The molecule has 2 N–H and O–H groups in total. The van der Waals surface area contributed by atoms with Crippen LogP contribution in [0.15, 0.2) is 27.6 Å². The zero-order chi connectivity index (χ0) is 14.3. The van der Waals surface area contributed by atoms with Crippen molar-refractivity contribution >= 4 is 37.6 Å². The summed E-state index contributed by atoms with van der Waals surface area (Å²) < 4.78 is 27.3. The molecule has 0 heterocycles. The number of sulfonamides is 1. The van der Waals surface area contributed by atoms with Crippen molar-refractivity contribution < 1.29 is 13.5 Å². The molecular weight excluding hydrogens is 354 g/mol. The SMILES string of the molecule is O=S(=O)(NCCCCCCO)c1ccc(Br)cc1Cl. The molecular formula is C12H17BrClNO3S. The summed E-state index contributed by atoms with van der Waals surface area (Å²) in [5.41, 5.74) is 0. The van der Waals surface area contributed by atoms with Crippen LogP contribution in [-0.2, 0) is 10.0 Å². The third-order valence-corrected chi connectivity index (χ3v) is 5.00. The van der Waals surface area contributed by atoms with Crippen LogP contribution in [-0.4, -0.2) is 26.7 Å². The van der Waals surface area contributed by atoms with Crippen molar-refractivity contribution in [3.63, 3.8) is 0 Å². The van der Waals surface area contributed by atoms with Crippen LogP contribution in [0.5, 0.6) is 0 Å². The number of hydrogen-bond acceptors (Lipinski definition) is 3. The second kappa shape index (κ2) is 8.21. The molecule has 0 amide bonds. The number of nitrogens with one attached hydrogen (secondary N) is 1. The zero-order valence-electron chi connectivity index (χ0n) is 10.4. The molecule has 4 nitrogen and oxygen atoms in total. The molecule has 0 spiro atoms. The van der Waals surface area contributed by atoms with E-state index in [4.69, 9.17) is 16.7 Å². The van der Waals surface area contributed by atoms with Crippen molar-refractivity contribution in [2.24, 2.45) is 0 Å². The highest BCUT2D eigenvalue weighted by molar-refractivity contribution is 9.10. The molecule has 1 rings (SSSR count). The van der Waals surface area contributed by atoms with Crippen LogP contribution in [0.3, 0.4) is 0 Å². The van der Waals surface area contributed by atoms with Gasteiger partial charge in [0.25, 0.3) is 0 Å². The summed E-state index contributed by atoms with van der Waals surface area (Å²) >= 11 is 9.15. The lowest BCUT2D eigenvalue weighted by molar-refractivity contribution is 0.282. The predicted molar refractivity (Wildman–Crippen MR) is 79.9 cm³/mol. The van der Waals surface area contributed by atoms with Crippen LogP contribution in [0, 0.1) is 0 Å². The Hall–Kier alpha value is -0.140. The van der Waals surface area contributed by atoms with E-state index in [0.29, 0.717) is 6.54 Å². The molecule has 0 fully saturated rings. The first-order chi connectivity index (χ1) is 8.97. The van der Waals surface area contributed by atoms with Crippen molar-refractivity contribution in [3.8, 4) is 0 Å². The van der Waals surface area contributed by atoms with E-state index in [1.54, 1.807) is 12.1 Å². The number of rotatable bonds is 8. The van der Waals surface area contributed by atoms with Gasteiger partial charge in [0, 0.05) is 17.6 Å². The van der Waals surface area contributed by atoms with E-state index in [0.717, 1.165) is 30.2 Å². The zero-order valence-corrected chi connectivity index (χ0v) is 13.6. The van der Waals surface area contributed by atoms with Crippen LogP contribution in [0.1, 0.15) is 25.7 Å². The van der Waals surface area contributed by atoms with Crippen molar-refractivity contribution in [1.82, 2.24) is 4.72 Å². The summed E-state index contributed by atoms with van der Waals surface area (Å²) in [5, 5.41) is 8.82. The third-order valence-electron chi connectivity index (χ3n) is 2.56. The van der Waals surface area contributed by atoms with Gasteiger partial charge in [0.1, 0.15) is 4.90 Å². The molecule has 0 unspecified atom stereocenters. The van der Waals surface area contributed by atoms with Gasteiger partial charge in [-0.3, -0.25) is 0 Å². The molecule has 1 aromatic rings. The Kier molecular flexibility index (Phi) is 7.31. The molecule has 0 saturated heterocycles. The molecule has 0 atom stereocenters. The van der Waals surface area contributed by atoms with Gasteiger partial charge in [-0.15, -0.1) is 0 Å². The standard InChI is InChI=1S/C12H17BrClNO3S/c13-10-5-6-12(11(14)9-10)19(17,18)15-7-3-1-2-4-8-16/h5-6,9,15-16H,1-4,7-8H2. The van der Waals surface area contributed by atoms with E-state index >= 15 is 0 Å². The summed E-state index contributed by atoms with van der Waals surface area (Å²) in [4.78, 5) is 0.0905. The molecule has 0 aliphatic rings. The monoisotopic (exact) mass is 369 g/mol. The predicted octanol–water partition coefficient (Wildman–Crippen LogP) is 2.93. The quantitative estimate of drug-likeness (QED) is 0.691. The Bertz CT molecular complexity index is 508. The average Bonchev–Trinajstić information content (AvgIpc) is 2.33. The summed E-state index contributed by atoms with van der Waals surface area (Å²) in [5.74, 6) is 0. The van der Waals surface area contributed by atoms with Crippen LogP contribution in [0.25, 0.3) is 0 Å². The van der Waals surface area contributed by atoms with Gasteiger partial charge in [-0.2, -0.15) is 0 Å². The molecule has 0 aliphatic heterocycles. The fraction of sp³-hybridized carbons (Fsp3) is 0.500. The van der Waals surface area contributed by atoms with E-state index in [1.165, 1.54) is 6.07 Å². The summed E-state index contributed by atoms with van der Waals surface area (Å²) in [6, 6.07) is 4.67. The first kappa shape index (κ1) is 16.9. The van der Waals surface area contributed by atoms with Gasteiger partial charge in [0.15, 0.2) is 0 Å². The molecule has 0 aliphatic carbocycles. The maximum absolute atomic E-state index is 12.0. The minimum absolute atomic E-state index is 0.0905. The number of hydrogen-bond donors (Lipinski definition) is 2. The number of benzene rings is 1. The molecule has 1 aromatic carbocycles. The van der Waals surface area contributed by atoms with Crippen molar-refractivity contribution in [3.05, 3.63) is 27.7 Å². The first-order valence-corrected chi connectivity index (χ1v) is 8.68. The van der Waals surface area contributed by atoms with Gasteiger partial charge in [0.2, 0.25) is 10.0 Å². The van der Waals surface area contributed by atoms with Gasteiger partial charge in [-0.05, 0) is 31.0 Å². The number of aliphatic hydroxyl groups is 1. The Morgan fingerprint density at radius 1 is 1.21 bits per heavy atom. The van der Waals surface area contributed by atoms with Gasteiger partial charge in [0.05, 0.1) is 5.02 Å². The Morgan fingerprint density at radius 3 is 2.53 bits per heavy atom. The molecule has 19 heavy (non-hydrogen) atoms. The van der Waals surface area contributed by atoms with E-state index < -0.39 is 10.0 Å². The van der Waals surface area contributed by atoms with Crippen LogP contribution >= 0.6 is 27.5 Å². The summed E-state index contributed by atoms with van der Waals surface area (Å²) in [6.07, 6.45) is 3.28. The van der Waals surface area contributed by atoms with Gasteiger partial charge in [-0.25, -0.2) is 13.1 Å². The normalized spacial score (nSPS) is 11.7. The van der Waals surface area contributed by atoms with E-state index in [2.05, 4.69) is 20.7 Å². The molecule has 0 saturated carbocycles. The Morgan fingerprint density at radius 2 is 1.89 bits per heavy atom. The van der Waals surface area contributed by atoms with E-state index in [1.807, 2.05) is 0 Å². The first-order valence-electron chi connectivity index (χ1n) is 6.03. The highest BCUT2D eigenvalue weighted by atomic mass is 79.9. The molecule has 7 heteroatoms. The number of unbranched alkanes of at least 4 members (excludes halogenated alkanes) is 3. The van der Waals surface area contributed by atoms with Gasteiger partial charge < -0.3 is 5.11 Å². The molecule has 0 bridgehead atoms. The van der Waals surface area contributed by atoms with E-state index in [-0.39, 0.29) is 16.5 Å². The smallest absolute Gasteiger partial charge is 0.242 e. The molecule has 108 valence electrons. The highest BCUT2D eigenvalue weighted by Crippen LogP contribution is 2.24. The lowest BCUT2D eigenvalue weighted by Gasteiger charge is -2.08. The average molecular weight is 371 g/mol. The lowest BCUT2D eigenvalue weighted by atomic mass is 10.2. The lowest BCUT2D eigenvalue weighted by Crippen LogP contribution is -2.25. The topological polar surface area (TPSA) is 66.4 Å². The Balaban J connectivity index is 2.52. The second-order valence-electron chi connectivity index (χ2n) is 4.11. The van der Waals surface area contributed by atoms with Crippen molar-refractivity contribution in [2.75, 3.05) is 13.2 Å². The minimum Gasteiger partial charge on any atom is -0.396 e. The van der Waals surface area contributed by atoms with Crippen molar-refractivity contribution in [1.29, 1.82) is 0 Å². The molecule has 0 aromatic heterocycles. The summed E-state index contributed by atoms with van der Waals surface area (Å²) in [6.45, 7) is 0.556. The number of halogens is 2. The maximum atomic E-state index is 12.0. The maximum Gasteiger partial charge on any atom is 0.242 e. The fourth-order valence-corrected chi connectivity index (χ4v) is 3.68. The van der Waals surface area contributed by atoms with E-state index in [9.17, 15) is 8.42 Å². The third kappa shape index (κ3) is 5.79. The van der Waals surface area contributed by atoms with Gasteiger partial charge >= 0.3 is 0 Å². The van der Waals surface area contributed by atoms with Crippen LogP contribution in [0.4, 0.5) is 0 Å². The largest absolute Gasteiger partial charge is 0.396 e. The highest BCUT2D eigenvalue weighted by Gasteiger charge is 2.17.